The van der Waals surface area contributed by atoms with Crippen molar-refractivity contribution in [2.45, 2.75) is 0 Å². The van der Waals surface area contributed by atoms with E-state index in [9.17, 15) is 9.18 Å². The van der Waals surface area contributed by atoms with Crippen LogP contribution in [-0.4, -0.2) is 66.7 Å². The van der Waals surface area contributed by atoms with Gasteiger partial charge in [0.1, 0.15) is 17.4 Å². The molecule has 10 heteroatoms. The third-order valence-electron chi connectivity index (χ3n) is 5.85. The van der Waals surface area contributed by atoms with Gasteiger partial charge in [-0.05, 0) is 44.4 Å². The standard InChI is InChI=1S/C27H30FN7O2/c1-6-26(36)30-20-15-21(24(37-5)16-23(20)34(4)14-13-33(2)3)31-27-29-12-11-25(32-27)35-17-19(28)18-9-7-8-10-22(18)35/h6-12,15-17H,1,13-14H2,2-5H3,(H,30,36)(H,29,31,32). The molecule has 2 aromatic carbocycles. The molecular weight excluding hydrogens is 473 g/mol. The topological polar surface area (TPSA) is 87.5 Å². The van der Waals surface area contributed by atoms with Crippen LogP contribution in [0.2, 0.25) is 0 Å². The van der Waals surface area contributed by atoms with Crippen molar-refractivity contribution in [1.82, 2.24) is 19.4 Å². The van der Waals surface area contributed by atoms with Gasteiger partial charge in [-0.3, -0.25) is 9.36 Å². The number of amides is 1. The molecule has 192 valence electrons. The second-order valence-electron chi connectivity index (χ2n) is 8.72. The normalized spacial score (nSPS) is 11.0. The molecule has 0 aliphatic carbocycles. The van der Waals surface area contributed by atoms with E-state index < -0.39 is 0 Å². The third-order valence-corrected chi connectivity index (χ3v) is 5.85. The van der Waals surface area contributed by atoms with Gasteiger partial charge in [-0.25, -0.2) is 9.37 Å². The molecule has 4 rings (SSSR count). The molecule has 4 aromatic rings. The van der Waals surface area contributed by atoms with E-state index in [-0.39, 0.29) is 17.7 Å². The molecule has 37 heavy (non-hydrogen) atoms. The van der Waals surface area contributed by atoms with Crippen molar-refractivity contribution in [1.29, 1.82) is 0 Å². The average molecular weight is 504 g/mol. The number of benzene rings is 2. The zero-order chi connectivity index (χ0) is 26.5. The number of hydrogen-bond donors (Lipinski definition) is 2. The van der Waals surface area contributed by atoms with Crippen LogP contribution < -0.4 is 20.3 Å². The van der Waals surface area contributed by atoms with Gasteiger partial charge in [-0.15, -0.1) is 0 Å². The van der Waals surface area contributed by atoms with Gasteiger partial charge in [-0.2, -0.15) is 4.98 Å². The summed E-state index contributed by atoms with van der Waals surface area (Å²) in [7, 11) is 7.52. The number of ether oxygens (including phenoxy) is 1. The molecule has 0 atom stereocenters. The Bertz CT molecular complexity index is 1430. The predicted octanol–water partition coefficient (Wildman–Crippen LogP) is 4.43. The number of aromatic nitrogens is 3. The van der Waals surface area contributed by atoms with Gasteiger partial charge in [0.05, 0.1) is 29.7 Å². The number of carbonyl (C=O) groups is 1. The van der Waals surface area contributed by atoms with Crippen LogP contribution >= 0.6 is 0 Å². The van der Waals surface area contributed by atoms with Crippen molar-refractivity contribution < 1.29 is 13.9 Å². The molecule has 1 amide bonds. The first-order valence-electron chi connectivity index (χ1n) is 11.7. The summed E-state index contributed by atoms with van der Waals surface area (Å²) in [5.74, 6) is 0.648. The van der Waals surface area contributed by atoms with E-state index in [1.165, 1.54) is 12.3 Å². The minimum Gasteiger partial charge on any atom is -0.494 e. The first-order valence-corrected chi connectivity index (χ1v) is 11.7. The van der Waals surface area contributed by atoms with E-state index in [0.29, 0.717) is 33.8 Å². The lowest BCUT2D eigenvalue weighted by Gasteiger charge is -2.26. The molecule has 0 radical (unpaired) electrons. The smallest absolute Gasteiger partial charge is 0.247 e. The van der Waals surface area contributed by atoms with Crippen LogP contribution in [0.5, 0.6) is 5.75 Å². The van der Waals surface area contributed by atoms with Gasteiger partial charge >= 0.3 is 0 Å². The number of anilines is 4. The molecule has 9 nitrogen and oxygen atoms in total. The van der Waals surface area contributed by atoms with E-state index >= 15 is 0 Å². The molecule has 0 unspecified atom stereocenters. The zero-order valence-electron chi connectivity index (χ0n) is 21.3. The minimum atomic E-state index is -0.335. The average Bonchev–Trinajstić information content (AvgIpc) is 3.24. The molecule has 2 heterocycles. The Morgan fingerprint density at radius 3 is 2.68 bits per heavy atom. The first kappa shape index (κ1) is 25.6. The molecule has 0 fully saturated rings. The van der Waals surface area contributed by atoms with Gasteiger partial charge in [0.2, 0.25) is 11.9 Å². The number of nitrogens with zero attached hydrogens (tertiary/aromatic N) is 5. The molecule has 2 N–H and O–H groups in total. The molecule has 0 saturated heterocycles. The highest BCUT2D eigenvalue weighted by atomic mass is 19.1. The summed E-state index contributed by atoms with van der Waals surface area (Å²) >= 11 is 0. The van der Waals surface area contributed by atoms with E-state index in [1.54, 1.807) is 42.1 Å². The number of para-hydroxylation sites is 1. The van der Waals surface area contributed by atoms with Gasteiger partial charge < -0.3 is 25.2 Å². The highest BCUT2D eigenvalue weighted by Gasteiger charge is 2.17. The van der Waals surface area contributed by atoms with Crippen molar-refractivity contribution >= 4 is 39.8 Å². The summed E-state index contributed by atoms with van der Waals surface area (Å²) in [5.41, 5.74) is 2.60. The van der Waals surface area contributed by atoms with Crippen LogP contribution in [0.3, 0.4) is 0 Å². The third kappa shape index (κ3) is 5.70. The van der Waals surface area contributed by atoms with Gasteiger partial charge in [-0.1, -0.05) is 18.7 Å². The highest BCUT2D eigenvalue weighted by Crippen LogP contribution is 2.38. The van der Waals surface area contributed by atoms with Crippen molar-refractivity contribution in [2.24, 2.45) is 0 Å². The fraction of sp³-hybridized carbons (Fsp3) is 0.222. The number of fused-ring (bicyclic) bond motifs is 1. The largest absolute Gasteiger partial charge is 0.494 e. The van der Waals surface area contributed by atoms with Crippen molar-refractivity contribution in [2.75, 3.05) is 56.9 Å². The zero-order valence-corrected chi connectivity index (χ0v) is 21.3. The predicted molar refractivity (Wildman–Crippen MR) is 146 cm³/mol. The lowest BCUT2D eigenvalue weighted by Crippen LogP contribution is -2.29. The highest BCUT2D eigenvalue weighted by molar-refractivity contribution is 6.02. The van der Waals surface area contributed by atoms with Crippen molar-refractivity contribution in [3.8, 4) is 11.6 Å². The number of carbonyl (C=O) groups excluding carboxylic acids is 1. The van der Waals surface area contributed by atoms with Gasteiger partial charge in [0.15, 0.2) is 0 Å². The summed E-state index contributed by atoms with van der Waals surface area (Å²) in [5, 5.41) is 6.56. The van der Waals surface area contributed by atoms with Gasteiger partial charge in [0.25, 0.3) is 0 Å². The summed E-state index contributed by atoms with van der Waals surface area (Å²) in [6.45, 7) is 5.11. The van der Waals surface area contributed by atoms with Crippen LogP contribution in [-0.2, 0) is 4.79 Å². The van der Waals surface area contributed by atoms with Gasteiger partial charge in [0, 0.05) is 44.0 Å². The van der Waals surface area contributed by atoms with Crippen LogP contribution in [0.1, 0.15) is 0 Å². The second kappa shape index (κ2) is 11.1. The quantitative estimate of drug-likeness (QED) is 0.310. The maximum Gasteiger partial charge on any atom is 0.247 e. The monoisotopic (exact) mass is 503 g/mol. The fourth-order valence-corrected chi connectivity index (χ4v) is 3.90. The maximum atomic E-state index is 14.5. The Morgan fingerprint density at radius 2 is 1.95 bits per heavy atom. The van der Waals surface area contributed by atoms with Crippen LogP contribution in [0, 0.1) is 5.82 Å². The minimum absolute atomic E-state index is 0.281. The fourth-order valence-electron chi connectivity index (χ4n) is 3.90. The maximum absolute atomic E-state index is 14.5. The summed E-state index contributed by atoms with van der Waals surface area (Å²) in [6.07, 6.45) is 4.21. The summed E-state index contributed by atoms with van der Waals surface area (Å²) in [4.78, 5) is 25.2. The Kier molecular flexibility index (Phi) is 7.69. The lowest BCUT2D eigenvalue weighted by atomic mass is 10.2. The second-order valence-corrected chi connectivity index (χ2v) is 8.72. The van der Waals surface area contributed by atoms with Crippen LogP contribution in [0.25, 0.3) is 16.7 Å². The summed E-state index contributed by atoms with van der Waals surface area (Å²) in [6, 6.07) is 12.5. The number of rotatable bonds is 10. The molecule has 0 aliphatic heterocycles. The molecule has 0 spiro atoms. The lowest BCUT2D eigenvalue weighted by molar-refractivity contribution is -0.111. The Labute approximate surface area is 215 Å². The molecule has 0 saturated carbocycles. The number of methoxy groups -OCH3 is 1. The van der Waals surface area contributed by atoms with E-state index in [1.807, 2.05) is 44.2 Å². The van der Waals surface area contributed by atoms with Crippen LogP contribution in [0.15, 0.2) is 67.5 Å². The molecule has 0 bridgehead atoms. The van der Waals surface area contributed by atoms with E-state index in [4.69, 9.17) is 4.74 Å². The van der Waals surface area contributed by atoms with E-state index in [2.05, 4.69) is 32.1 Å². The SMILES string of the molecule is C=CC(=O)Nc1cc(Nc2nccc(-n3cc(F)c4ccccc43)n2)c(OC)cc1N(C)CCN(C)C. The molecule has 2 aromatic heterocycles. The first-order chi connectivity index (χ1) is 17.8. The summed E-state index contributed by atoms with van der Waals surface area (Å²) < 4.78 is 21.8. The molecule has 0 aliphatic rings. The number of nitrogens with one attached hydrogen (secondary N) is 2. The Hall–Kier alpha value is -4.44. The number of hydrogen-bond acceptors (Lipinski definition) is 7. The Balaban J connectivity index is 1.71. The number of likely N-dealkylation sites (N-methyl/N-ethyl adjacent to an activating group) is 2. The number of halogens is 1. The Morgan fingerprint density at radius 1 is 1.16 bits per heavy atom. The van der Waals surface area contributed by atoms with Crippen molar-refractivity contribution in [3.05, 3.63) is 73.3 Å². The molecular formula is C27H30FN7O2. The van der Waals surface area contributed by atoms with Crippen LogP contribution in [0.4, 0.5) is 27.4 Å². The van der Waals surface area contributed by atoms with E-state index in [0.717, 1.165) is 18.8 Å². The van der Waals surface area contributed by atoms with Crippen molar-refractivity contribution in [3.63, 3.8) is 0 Å².